The molecule has 1 radical (unpaired) electrons. The fourth-order valence-electron chi connectivity index (χ4n) is 1.07. The van der Waals surface area contributed by atoms with E-state index in [4.69, 9.17) is 0 Å². The van der Waals surface area contributed by atoms with Gasteiger partial charge < -0.3 is 4.74 Å². The van der Waals surface area contributed by atoms with Crippen LogP contribution < -0.4 is 4.74 Å². The highest BCUT2D eigenvalue weighted by molar-refractivity contribution is 7.93. The Morgan fingerprint density at radius 1 is 1.24 bits per heavy atom. The summed E-state index contributed by atoms with van der Waals surface area (Å²) >= 11 is 0. The summed E-state index contributed by atoms with van der Waals surface area (Å²) in [5.41, 5.74) is -1.17. The van der Waals surface area contributed by atoms with Gasteiger partial charge in [0.15, 0.2) is 0 Å². The van der Waals surface area contributed by atoms with Crippen molar-refractivity contribution in [3.8, 4) is 5.75 Å². The number of rotatable bonds is 4. The molecule has 0 aliphatic rings. The van der Waals surface area contributed by atoms with Gasteiger partial charge in [0.05, 0.1) is 11.8 Å². The van der Waals surface area contributed by atoms with Crippen LogP contribution in [0.5, 0.6) is 5.75 Å². The second kappa shape index (κ2) is 4.52. The molecule has 0 saturated heterocycles. The molecule has 0 aliphatic heterocycles. The van der Waals surface area contributed by atoms with Crippen LogP contribution in [0.25, 0.3) is 0 Å². The number of ether oxygens (including phenoxy) is 1. The van der Waals surface area contributed by atoms with Crippen LogP contribution in [0.2, 0.25) is 0 Å². The van der Waals surface area contributed by atoms with Crippen LogP contribution in [0.4, 0.5) is 17.6 Å². The first-order valence-electron chi connectivity index (χ1n) is 4.16. The van der Waals surface area contributed by atoms with E-state index in [1.54, 1.807) is 0 Å². The highest BCUT2D eigenvalue weighted by Crippen LogP contribution is 2.39. The van der Waals surface area contributed by atoms with Crippen LogP contribution in [0, 0.1) is 6.26 Å². The molecular weight excluding hydrogens is 264 g/mol. The van der Waals surface area contributed by atoms with Crippen LogP contribution in [0.1, 0.15) is 5.56 Å². The molecule has 95 valence electrons. The van der Waals surface area contributed by atoms with E-state index in [2.05, 4.69) is 11.0 Å². The minimum absolute atomic E-state index is 0.681. The second-order valence-electron chi connectivity index (χ2n) is 3.01. The van der Waals surface area contributed by atoms with Crippen LogP contribution in [-0.4, -0.2) is 15.0 Å². The molecule has 0 spiro atoms. The number of halogens is 4. The summed E-state index contributed by atoms with van der Waals surface area (Å²) in [6.07, 6.45) is 2.32. The highest BCUT2D eigenvalue weighted by Gasteiger charge is 2.46. The van der Waals surface area contributed by atoms with E-state index in [9.17, 15) is 26.0 Å². The van der Waals surface area contributed by atoms with Crippen molar-refractivity contribution in [3.05, 3.63) is 36.1 Å². The number of benzene rings is 1. The third-order valence-electron chi connectivity index (χ3n) is 1.81. The zero-order chi connectivity index (χ0) is 13.3. The maximum absolute atomic E-state index is 13.4. The summed E-state index contributed by atoms with van der Waals surface area (Å²) in [5, 5.41) is -4.39. The second-order valence-corrected chi connectivity index (χ2v) is 4.75. The molecule has 0 amide bonds. The van der Waals surface area contributed by atoms with Gasteiger partial charge in [-0.2, -0.15) is 17.6 Å². The third-order valence-corrected chi connectivity index (χ3v) is 2.81. The van der Waals surface area contributed by atoms with Crippen molar-refractivity contribution in [2.45, 2.75) is 11.9 Å². The standard InChI is InChI=1S/C9H7F4O3S/c1-17(14,15)9(12,13)6-4-2-3-5-7(6)16-8(10)11/h2-5,8H,1H2. The molecule has 0 saturated carbocycles. The molecule has 0 bridgehead atoms. The lowest BCUT2D eigenvalue weighted by Gasteiger charge is -2.17. The maximum Gasteiger partial charge on any atom is 0.387 e. The number of para-hydroxylation sites is 1. The summed E-state index contributed by atoms with van der Waals surface area (Å²) in [4.78, 5) is 0. The molecule has 3 nitrogen and oxygen atoms in total. The molecule has 0 aromatic heterocycles. The lowest BCUT2D eigenvalue weighted by atomic mass is 10.2. The number of hydrogen-bond donors (Lipinski definition) is 0. The van der Waals surface area contributed by atoms with Gasteiger partial charge >= 0.3 is 11.9 Å². The Hall–Kier alpha value is -1.31. The minimum Gasteiger partial charge on any atom is -0.434 e. The predicted molar refractivity (Wildman–Crippen MR) is 51.2 cm³/mol. The molecule has 1 rings (SSSR count). The smallest absolute Gasteiger partial charge is 0.387 e. The summed E-state index contributed by atoms with van der Waals surface area (Å²) in [7, 11) is -5.02. The zero-order valence-corrected chi connectivity index (χ0v) is 9.06. The summed E-state index contributed by atoms with van der Waals surface area (Å²) in [6.45, 7) is -3.33. The molecule has 0 atom stereocenters. The quantitative estimate of drug-likeness (QED) is 0.790. The van der Waals surface area contributed by atoms with Crippen LogP contribution in [0.3, 0.4) is 0 Å². The van der Waals surface area contributed by atoms with Gasteiger partial charge in [-0.3, -0.25) is 0 Å². The number of sulfone groups is 1. The summed E-state index contributed by atoms with van der Waals surface area (Å²) in [5.74, 6) is -0.903. The van der Waals surface area contributed by atoms with E-state index < -0.39 is 33.0 Å². The Balaban J connectivity index is 3.32. The van der Waals surface area contributed by atoms with Gasteiger partial charge in [-0.05, 0) is 12.1 Å². The fourth-order valence-corrected chi connectivity index (χ4v) is 1.58. The molecule has 0 unspecified atom stereocenters. The third kappa shape index (κ3) is 2.87. The molecule has 0 aliphatic carbocycles. The van der Waals surface area contributed by atoms with E-state index in [1.165, 1.54) is 0 Å². The minimum atomic E-state index is -5.02. The molecule has 1 aromatic carbocycles. The van der Waals surface area contributed by atoms with Gasteiger partial charge in [-0.25, -0.2) is 8.42 Å². The van der Waals surface area contributed by atoms with Crippen LogP contribution in [0.15, 0.2) is 24.3 Å². The molecule has 0 fully saturated rings. The highest BCUT2D eigenvalue weighted by atomic mass is 32.2. The average Bonchev–Trinajstić information content (AvgIpc) is 2.15. The van der Waals surface area contributed by atoms with Crippen LogP contribution in [-0.2, 0) is 15.1 Å². The molecule has 17 heavy (non-hydrogen) atoms. The van der Waals surface area contributed by atoms with Crippen molar-refractivity contribution in [1.82, 2.24) is 0 Å². The van der Waals surface area contributed by atoms with Crippen molar-refractivity contribution in [2.75, 3.05) is 0 Å². The van der Waals surface area contributed by atoms with Crippen molar-refractivity contribution in [2.24, 2.45) is 0 Å². The van der Waals surface area contributed by atoms with E-state index in [1.807, 2.05) is 0 Å². The van der Waals surface area contributed by atoms with E-state index in [-0.39, 0.29) is 0 Å². The lowest BCUT2D eigenvalue weighted by Crippen LogP contribution is -2.24. The van der Waals surface area contributed by atoms with Gasteiger partial charge in [-0.1, -0.05) is 12.1 Å². The fraction of sp³-hybridized carbons (Fsp3) is 0.222. The largest absolute Gasteiger partial charge is 0.434 e. The Labute approximate surface area is 94.9 Å². The number of alkyl halides is 4. The lowest BCUT2D eigenvalue weighted by molar-refractivity contribution is -0.0529. The van der Waals surface area contributed by atoms with Gasteiger partial charge in [-0.15, -0.1) is 0 Å². The topological polar surface area (TPSA) is 43.4 Å². The van der Waals surface area contributed by atoms with Gasteiger partial charge in [0.25, 0.3) is 0 Å². The Morgan fingerprint density at radius 3 is 2.24 bits per heavy atom. The van der Waals surface area contributed by atoms with Gasteiger partial charge in [0.1, 0.15) is 5.75 Å². The summed E-state index contributed by atoms with van der Waals surface area (Å²) in [6, 6.07) is 3.74. The average molecular weight is 271 g/mol. The Morgan fingerprint density at radius 2 is 1.76 bits per heavy atom. The first-order valence-corrected chi connectivity index (χ1v) is 5.81. The van der Waals surface area contributed by atoms with Crippen LogP contribution >= 0.6 is 0 Å². The van der Waals surface area contributed by atoms with E-state index in [0.29, 0.717) is 6.07 Å². The van der Waals surface area contributed by atoms with Crippen molar-refractivity contribution in [3.63, 3.8) is 0 Å². The first-order chi connectivity index (χ1) is 7.66. The number of hydrogen-bond acceptors (Lipinski definition) is 3. The maximum atomic E-state index is 13.4. The van der Waals surface area contributed by atoms with Crippen molar-refractivity contribution in [1.29, 1.82) is 0 Å². The molecule has 8 heteroatoms. The zero-order valence-electron chi connectivity index (χ0n) is 8.24. The molecular formula is C9H7F4O3S. The Bertz CT molecular complexity index is 499. The molecule has 1 aromatic rings. The molecule has 0 N–H and O–H groups in total. The van der Waals surface area contributed by atoms with Crippen molar-refractivity contribution >= 4 is 9.84 Å². The van der Waals surface area contributed by atoms with E-state index >= 15 is 0 Å². The van der Waals surface area contributed by atoms with E-state index in [0.717, 1.165) is 18.2 Å². The van der Waals surface area contributed by atoms with Gasteiger partial charge in [0, 0.05) is 0 Å². The van der Waals surface area contributed by atoms with Gasteiger partial charge in [0.2, 0.25) is 9.84 Å². The Kier molecular flexibility index (Phi) is 3.65. The normalized spacial score (nSPS) is 12.8. The van der Waals surface area contributed by atoms with Crippen molar-refractivity contribution < 1.29 is 30.7 Å². The molecule has 0 heterocycles. The predicted octanol–water partition coefficient (Wildman–Crippen LogP) is 2.54. The first kappa shape index (κ1) is 13.8. The summed E-state index contributed by atoms with van der Waals surface area (Å²) < 4.78 is 76.1. The monoisotopic (exact) mass is 271 g/mol. The SMILES string of the molecule is [CH2]S(=O)(=O)C(F)(F)c1ccccc1OC(F)F.